The minimum Gasteiger partial charge on any atom is -0.488 e. The Balaban J connectivity index is 1.45. The molecule has 0 spiro atoms. The van der Waals surface area contributed by atoms with Gasteiger partial charge in [0.25, 0.3) is 11.8 Å². The van der Waals surface area contributed by atoms with Gasteiger partial charge in [0.2, 0.25) is 0 Å². The van der Waals surface area contributed by atoms with E-state index in [-0.39, 0.29) is 5.91 Å². The lowest BCUT2D eigenvalue weighted by Crippen LogP contribution is -2.53. The summed E-state index contributed by atoms with van der Waals surface area (Å²) in [5.74, 6) is -0.309. The van der Waals surface area contributed by atoms with Gasteiger partial charge in [0.1, 0.15) is 18.5 Å². The number of hydrogen-bond acceptors (Lipinski definition) is 4. The maximum Gasteiger partial charge on any atom is 0.276 e. The molecule has 0 radical (unpaired) electrons. The van der Waals surface area contributed by atoms with Crippen molar-refractivity contribution < 1.29 is 14.3 Å². The summed E-state index contributed by atoms with van der Waals surface area (Å²) in [6.45, 7) is 0.321. The van der Waals surface area contributed by atoms with Crippen LogP contribution in [0.5, 0.6) is 5.75 Å². The molecule has 1 aliphatic heterocycles. The lowest BCUT2D eigenvalue weighted by atomic mass is 10.0. The monoisotopic (exact) mass is 653 g/mol. The summed E-state index contributed by atoms with van der Waals surface area (Å²) in [5.41, 5.74) is 6.18. The molecule has 6 nitrogen and oxygen atoms in total. The SMILES string of the molecule is O=C(NN1C(=O)c2cc(I)ccc2N[C@H]1c1cccc(Br)c1)c1ccccc1OCc1ccccc1. The Labute approximate surface area is 230 Å². The molecule has 180 valence electrons. The number of para-hydroxylation sites is 1. The van der Waals surface area contributed by atoms with Crippen LogP contribution < -0.4 is 15.5 Å². The van der Waals surface area contributed by atoms with E-state index in [1.807, 2.05) is 72.8 Å². The number of ether oxygens (including phenoxy) is 1. The molecule has 2 N–H and O–H groups in total. The Hall–Kier alpha value is -3.37. The zero-order valence-electron chi connectivity index (χ0n) is 18.9. The number of hydrazine groups is 1. The van der Waals surface area contributed by atoms with Crippen LogP contribution in [0, 0.1) is 3.57 Å². The zero-order valence-corrected chi connectivity index (χ0v) is 22.7. The summed E-state index contributed by atoms with van der Waals surface area (Å²) in [4.78, 5) is 27.1. The molecule has 0 aromatic heterocycles. The molecule has 1 atom stereocenters. The molecular weight excluding hydrogens is 633 g/mol. The van der Waals surface area contributed by atoms with E-state index in [0.29, 0.717) is 29.2 Å². The van der Waals surface area contributed by atoms with Crippen molar-refractivity contribution in [1.82, 2.24) is 10.4 Å². The van der Waals surface area contributed by atoms with Crippen LogP contribution in [-0.2, 0) is 6.61 Å². The Morgan fingerprint density at radius 3 is 2.56 bits per heavy atom. The van der Waals surface area contributed by atoms with E-state index in [2.05, 4.69) is 49.3 Å². The Kier molecular flexibility index (Phi) is 7.24. The van der Waals surface area contributed by atoms with Gasteiger partial charge in [-0.2, -0.15) is 0 Å². The predicted octanol–water partition coefficient (Wildman–Crippen LogP) is 6.54. The van der Waals surface area contributed by atoms with Gasteiger partial charge in [0.15, 0.2) is 0 Å². The van der Waals surface area contributed by atoms with Gasteiger partial charge in [0, 0.05) is 13.7 Å². The number of halogens is 2. The van der Waals surface area contributed by atoms with Gasteiger partial charge in [-0.25, -0.2) is 5.01 Å². The zero-order chi connectivity index (χ0) is 25.1. The number of hydrogen-bond donors (Lipinski definition) is 2. The topological polar surface area (TPSA) is 70.7 Å². The molecule has 0 saturated carbocycles. The maximum absolute atomic E-state index is 13.6. The predicted molar refractivity (Wildman–Crippen MR) is 151 cm³/mol. The number of fused-ring (bicyclic) bond motifs is 1. The first kappa shape index (κ1) is 24.3. The van der Waals surface area contributed by atoms with Crippen molar-refractivity contribution >= 4 is 56.0 Å². The van der Waals surface area contributed by atoms with Gasteiger partial charge in [-0.15, -0.1) is 0 Å². The number of amides is 2. The molecule has 4 aromatic rings. The quantitative estimate of drug-likeness (QED) is 0.232. The van der Waals surface area contributed by atoms with Crippen LogP contribution in [0.25, 0.3) is 0 Å². The van der Waals surface area contributed by atoms with Crippen LogP contribution >= 0.6 is 38.5 Å². The van der Waals surface area contributed by atoms with Gasteiger partial charge in [-0.1, -0.05) is 70.5 Å². The number of rotatable bonds is 6. The van der Waals surface area contributed by atoms with E-state index in [9.17, 15) is 9.59 Å². The molecule has 5 rings (SSSR count). The van der Waals surface area contributed by atoms with E-state index in [1.165, 1.54) is 5.01 Å². The van der Waals surface area contributed by atoms with Crippen molar-refractivity contribution in [3.63, 3.8) is 0 Å². The molecule has 4 aromatic carbocycles. The summed E-state index contributed by atoms with van der Waals surface area (Å²) in [6, 6.07) is 30.0. The van der Waals surface area contributed by atoms with Gasteiger partial charge in [0.05, 0.1) is 11.1 Å². The highest BCUT2D eigenvalue weighted by atomic mass is 127. The lowest BCUT2D eigenvalue weighted by Gasteiger charge is -2.38. The third-order valence-electron chi connectivity index (χ3n) is 5.74. The van der Waals surface area contributed by atoms with Crippen molar-refractivity contribution in [3.05, 3.63) is 127 Å². The van der Waals surface area contributed by atoms with Gasteiger partial charge in [-0.3, -0.25) is 15.0 Å². The molecular formula is C28H21BrIN3O3. The summed E-state index contributed by atoms with van der Waals surface area (Å²) in [7, 11) is 0. The first-order chi connectivity index (χ1) is 17.5. The smallest absolute Gasteiger partial charge is 0.276 e. The van der Waals surface area contributed by atoms with Crippen LogP contribution in [0.4, 0.5) is 5.69 Å². The first-order valence-electron chi connectivity index (χ1n) is 11.2. The van der Waals surface area contributed by atoms with Crippen LogP contribution in [0.15, 0.2) is 102 Å². The third kappa shape index (κ3) is 5.24. The molecule has 0 aliphatic carbocycles. The van der Waals surface area contributed by atoms with Crippen molar-refractivity contribution in [1.29, 1.82) is 0 Å². The minimum absolute atomic E-state index is 0.303. The second-order valence-electron chi connectivity index (χ2n) is 8.18. The Morgan fingerprint density at radius 1 is 0.972 bits per heavy atom. The minimum atomic E-state index is -0.607. The average molecular weight is 654 g/mol. The summed E-state index contributed by atoms with van der Waals surface area (Å²) >= 11 is 5.67. The summed E-state index contributed by atoms with van der Waals surface area (Å²) < 4.78 is 7.77. The van der Waals surface area contributed by atoms with Crippen molar-refractivity contribution in [3.8, 4) is 5.75 Å². The fourth-order valence-electron chi connectivity index (χ4n) is 3.99. The van der Waals surface area contributed by atoms with Crippen LogP contribution in [0.3, 0.4) is 0 Å². The van der Waals surface area contributed by atoms with Crippen LogP contribution in [-0.4, -0.2) is 16.8 Å². The molecule has 36 heavy (non-hydrogen) atoms. The third-order valence-corrected chi connectivity index (χ3v) is 6.90. The van der Waals surface area contributed by atoms with E-state index in [4.69, 9.17) is 4.74 Å². The van der Waals surface area contributed by atoms with Crippen LogP contribution in [0.1, 0.15) is 38.0 Å². The summed E-state index contributed by atoms with van der Waals surface area (Å²) in [6.07, 6.45) is -0.607. The number of carbonyl (C=O) groups excluding carboxylic acids is 2. The Morgan fingerprint density at radius 2 is 1.75 bits per heavy atom. The molecule has 8 heteroatoms. The van der Waals surface area contributed by atoms with Crippen molar-refractivity contribution in [2.24, 2.45) is 0 Å². The molecule has 0 unspecified atom stereocenters. The normalized spacial score (nSPS) is 14.6. The number of nitrogens with one attached hydrogen (secondary N) is 2. The fourth-order valence-corrected chi connectivity index (χ4v) is 4.90. The van der Waals surface area contributed by atoms with E-state index >= 15 is 0 Å². The number of carbonyl (C=O) groups is 2. The van der Waals surface area contributed by atoms with E-state index in [0.717, 1.165) is 19.2 Å². The highest BCUT2D eigenvalue weighted by Gasteiger charge is 2.35. The van der Waals surface area contributed by atoms with Gasteiger partial charge < -0.3 is 10.1 Å². The van der Waals surface area contributed by atoms with Gasteiger partial charge in [-0.05, 0) is 76.2 Å². The van der Waals surface area contributed by atoms with E-state index in [1.54, 1.807) is 24.3 Å². The van der Waals surface area contributed by atoms with Gasteiger partial charge >= 0.3 is 0 Å². The molecule has 1 heterocycles. The highest BCUT2D eigenvalue weighted by molar-refractivity contribution is 14.1. The van der Waals surface area contributed by atoms with Crippen LogP contribution in [0.2, 0.25) is 0 Å². The highest BCUT2D eigenvalue weighted by Crippen LogP contribution is 2.34. The average Bonchev–Trinajstić information content (AvgIpc) is 2.90. The fraction of sp³-hybridized carbons (Fsp3) is 0.0714. The largest absolute Gasteiger partial charge is 0.488 e. The molecule has 0 bridgehead atoms. The number of nitrogens with zero attached hydrogens (tertiary/aromatic N) is 1. The first-order valence-corrected chi connectivity index (χ1v) is 13.1. The summed E-state index contributed by atoms with van der Waals surface area (Å²) in [5, 5.41) is 4.75. The molecule has 2 amide bonds. The number of anilines is 1. The van der Waals surface area contributed by atoms with E-state index < -0.39 is 12.1 Å². The Bertz CT molecular complexity index is 1430. The number of benzene rings is 4. The molecule has 1 aliphatic rings. The second-order valence-corrected chi connectivity index (χ2v) is 10.3. The standard InChI is InChI=1S/C28H21BrIN3O3/c29-20-10-6-9-19(15-20)26-31-24-14-13-21(30)16-23(24)28(35)33(26)32-27(34)22-11-4-5-12-25(22)36-17-18-7-2-1-3-8-18/h1-16,26,31H,17H2,(H,32,34)/t26-/m1/s1. The van der Waals surface area contributed by atoms with Crippen molar-refractivity contribution in [2.75, 3.05) is 5.32 Å². The lowest BCUT2D eigenvalue weighted by molar-refractivity contribution is 0.0489. The second kappa shape index (κ2) is 10.7. The molecule has 0 saturated heterocycles. The molecule has 0 fully saturated rings. The van der Waals surface area contributed by atoms with Crippen molar-refractivity contribution in [2.45, 2.75) is 12.8 Å². The maximum atomic E-state index is 13.6.